The lowest BCUT2D eigenvalue weighted by Gasteiger charge is -2.41. The number of hydrogen-bond acceptors (Lipinski definition) is 5. The van der Waals surface area contributed by atoms with E-state index < -0.39 is 22.0 Å². The average Bonchev–Trinajstić information content (AvgIpc) is 2.40. The molecular formula is C15H28N2O4S. The van der Waals surface area contributed by atoms with Gasteiger partial charge >= 0.3 is 6.09 Å². The Morgan fingerprint density at radius 2 is 1.73 bits per heavy atom. The molecule has 1 N–H and O–H groups in total. The van der Waals surface area contributed by atoms with Crippen molar-refractivity contribution in [3.63, 3.8) is 0 Å². The summed E-state index contributed by atoms with van der Waals surface area (Å²) in [6, 6.07) is 0. The van der Waals surface area contributed by atoms with Crippen LogP contribution in [0.3, 0.4) is 0 Å². The van der Waals surface area contributed by atoms with E-state index in [4.69, 9.17) is 4.74 Å². The Morgan fingerprint density at radius 3 is 2.23 bits per heavy atom. The monoisotopic (exact) mass is 332 g/mol. The van der Waals surface area contributed by atoms with Crippen molar-refractivity contribution in [1.82, 2.24) is 9.80 Å². The van der Waals surface area contributed by atoms with E-state index in [2.05, 4.69) is 4.90 Å². The van der Waals surface area contributed by atoms with E-state index in [1.54, 1.807) is 4.90 Å². The highest BCUT2D eigenvalue weighted by Crippen LogP contribution is 2.25. The Bertz CT molecular complexity index is 418. The number of nitrogens with zero attached hydrogens (tertiary/aromatic N) is 2. The van der Waals surface area contributed by atoms with Crippen LogP contribution in [0.25, 0.3) is 0 Å². The molecule has 0 aromatic carbocycles. The lowest BCUT2D eigenvalue weighted by molar-refractivity contribution is -0.0489. The number of rotatable bonds is 2. The third-order valence-electron chi connectivity index (χ3n) is 4.13. The predicted molar refractivity (Wildman–Crippen MR) is 86.3 cm³/mol. The van der Waals surface area contributed by atoms with E-state index >= 15 is 0 Å². The van der Waals surface area contributed by atoms with Gasteiger partial charge in [-0.05, 0) is 33.6 Å². The van der Waals surface area contributed by atoms with E-state index in [0.29, 0.717) is 44.0 Å². The fourth-order valence-corrected chi connectivity index (χ4v) is 3.97. The largest absolute Gasteiger partial charge is 0.444 e. The van der Waals surface area contributed by atoms with E-state index in [0.717, 1.165) is 13.1 Å². The van der Waals surface area contributed by atoms with Gasteiger partial charge in [-0.1, -0.05) is 0 Å². The fraction of sp³-hybridized carbons (Fsp3) is 0.933. The molecule has 128 valence electrons. The minimum Gasteiger partial charge on any atom is -0.444 e. The first-order chi connectivity index (χ1) is 10.2. The molecule has 0 unspecified atom stereocenters. The van der Waals surface area contributed by atoms with Crippen LogP contribution in [-0.4, -0.2) is 80.6 Å². The van der Waals surface area contributed by atoms with Crippen LogP contribution in [0.4, 0.5) is 4.79 Å². The Balaban J connectivity index is 1.80. The summed E-state index contributed by atoms with van der Waals surface area (Å²) in [5.74, 6) is 1.39. The third kappa shape index (κ3) is 5.21. The van der Waals surface area contributed by atoms with Crippen LogP contribution in [0.15, 0.2) is 0 Å². The van der Waals surface area contributed by atoms with Gasteiger partial charge in [0.15, 0.2) is 0 Å². The number of aliphatic hydroxyl groups is 1. The zero-order valence-corrected chi connectivity index (χ0v) is 14.7. The van der Waals surface area contributed by atoms with Crippen LogP contribution in [0.2, 0.25) is 0 Å². The number of hydrogen-bond donors (Lipinski definition) is 1. The van der Waals surface area contributed by atoms with E-state index in [1.165, 1.54) is 0 Å². The SMILES string of the molecule is CC(C)(C)OC(=O)N1CCC(O)(CN2CCS(=O)CC2)CC1. The Kier molecular flexibility index (Phi) is 5.50. The molecule has 0 atom stereocenters. The number of amides is 1. The van der Waals surface area contributed by atoms with Gasteiger partial charge in [0, 0.05) is 55.0 Å². The van der Waals surface area contributed by atoms with Gasteiger partial charge < -0.3 is 14.7 Å². The maximum absolute atomic E-state index is 12.0. The molecule has 6 nitrogen and oxygen atoms in total. The summed E-state index contributed by atoms with van der Waals surface area (Å²) in [6.07, 6.45) is 0.820. The van der Waals surface area contributed by atoms with Crippen molar-refractivity contribution in [3.8, 4) is 0 Å². The summed E-state index contributed by atoms with van der Waals surface area (Å²) in [5, 5.41) is 10.7. The lowest BCUT2D eigenvalue weighted by Crippen LogP contribution is -2.54. The summed E-state index contributed by atoms with van der Waals surface area (Å²) >= 11 is 0. The molecule has 2 saturated heterocycles. The molecule has 0 saturated carbocycles. The number of carbonyl (C=O) groups excluding carboxylic acids is 1. The van der Waals surface area contributed by atoms with Crippen LogP contribution >= 0.6 is 0 Å². The first kappa shape index (κ1) is 17.7. The minimum atomic E-state index is -0.753. The Labute approximate surface area is 135 Å². The van der Waals surface area contributed by atoms with E-state index in [-0.39, 0.29) is 6.09 Å². The average molecular weight is 332 g/mol. The number of β-amino-alcohol motifs (C(OH)–C–C–N with tert-alkyl or cyclic N) is 1. The molecule has 0 aliphatic carbocycles. The van der Waals surface area contributed by atoms with Gasteiger partial charge in [0.2, 0.25) is 0 Å². The van der Waals surface area contributed by atoms with Crippen LogP contribution in [0.5, 0.6) is 0 Å². The molecule has 0 spiro atoms. The first-order valence-corrected chi connectivity index (χ1v) is 9.43. The highest BCUT2D eigenvalue weighted by Gasteiger charge is 2.37. The maximum atomic E-state index is 12.0. The fourth-order valence-electron chi connectivity index (χ4n) is 2.84. The summed E-state index contributed by atoms with van der Waals surface area (Å²) < 4.78 is 16.7. The van der Waals surface area contributed by atoms with Crippen LogP contribution in [0, 0.1) is 0 Å². The maximum Gasteiger partial charge on any atom is 0.410 e. The third-order valence-corrected chi connectivity index (χ3v) is 5.41. The molecule has 2 aliphatic rings. The van der Waals surface area contributed by atoms with Gasteiger partial charge in [0.05, 0.1) is 5.60 Å². The highest BCUT2D eigenvalue weighted by molar-refractivity contribution is 7.85. The second kappa shape index (κ2) is 6.84. The zero-order valence-electron chi connectivity index (χ0n) is 13.8. The van der Waals surface area contributed by atoms with Crippen LogP contribution < -0.4 is 0 Å². The summed E-state index contributed by atoms with van der Waals surface area (Å²) in [4.78, 5) is 15.9. The molecule has 0 radical (unpaired) electrons. The molecule has 0 aromatic heterocycles. The number of piperidine rings is 1. The standard InChI is InChI=1S/C15H28N2O4S/c1-14(2,3)21-13(18)17-6-4-15(19,5-7-17)12-16-8-10-22(20)11-9-16/h19H,4-12H2,1-3H3. The predicted octanol–water partition coefficient (Wildman–Crippen LogP) is 0.813. The first-order valence-electron chi connectivity index (χ1n) is 7.95. The molecule has 2 fully saturated rings. The van der Waals surface area contributed by atoms with Crippen LogP contribution in [0.1, 0.15) is 33.6 Å². The zero-order chi connectivity index (χ0) is 16.4. The van der Waals surface area contributed by atoms with Gasteiger partial charge in [0.25, 0.3) is 0 Å². The van der Waals surface area contributed by atoms with Gasteiger partial charge in [0.1, 0.15) is 5.60 Å². The van der Waals surface area contributed by atoms with Gasteiger partial charge in [-0.25, -0.2) is 4.79 Å². The summed E-state index contributed by atoms with van der Waals surface area (Å²) in [5.41, 5.74) is -1.24. The van der Waals surface area contributed by atoms with Crippen molar-refractivity contribution in [3.05, 3.63) is 0 Å². The molecule has 7 heteroatoms. The molecule has 22 heavy (non-hydrogen) atoms. The van der Waals surface area contributed by atoms with Gasteiger partial charge in [-0.15, -0.1) is 0 Å². The normalized spacial score (nSPS) is 24.3. The summed E-state index contributed by atoms with van der Waals surface area (Å²) in [6.45, 7) is 8.76. The Morgan fingerprint density at radius 1 is 1.18 bits per heavy atom. The second-order valence-electron chi connectivity index (χ2n) is 7.32. The van der Waals surface area contributed by atoms with Crippen molar-refractivity contribution in [1.29, 1.82) is 0 Å². The topological polar surface area (TPSA) is 70.1 Å². The molecular weight excluding hydrogens is 304 g/mol. The molecule has 0 aromatic rings. The molecule has 0 bridgehead atoms. The van der Waals surface area contributed by atoms with Crippen molar-refractivity contribution in [2.75, 3.05) is 44.2 Å². The minimum absolute atomic E-state index is 0.303. The van der Waals surface area contributed by atoms with E-state index in [1.807, 2.05) is 20.8 Å². The smallest absolute Gasteiger partial charge is 0.410 e. The van der Waals surface area contributed by atoms with E-state index in [9.17, 15) is 14.1 Å². The highest BCUT2D eigenvalue weighted by atomic mass is 32.2. The Hall–Kier alpha value is -0.660. The summed E-state index contributed by atoms with van der Waals surface area (Å²) in [7, 11) is -0.695. The number of carbonyl (C=O) groups is 1. The van der Waals surface area contributed by atoms with Gasteiger partial charge in [-0.2, -0.15) is 0 Å². The number of ether oxygens (including phenoxy) is 1. The quantitative estimate of drug-likeness (QED) is 0.810. The van der Waals surface area contributed by atoms with Crippen molar-refractivity contribution < 1.29 is 18.8 Å². The van der Waals surface area contributed by atoms with Crippen molar-refractivity contribution >= 4 is 16.9 Å². The molecule has 2 heterocycles. The van der Waals surface area contributed by atoms with Crippen LogP contribution in [-0.2, 0) is 15.5 Å². The molecule has 1 amide bonds. The molecule has 2 aliphatic heterocycles. The number of likely N-dealkylation sites (tertiary alicyclic amines) is 1. The van der Waals surface area contributed by atoms with Gasteiger partial charge in [-0.3, -0.25) is 9.11 Å². The lowest BCUT2D eigenvalue weighted by atomic mass is 9.91. The molecule has 2 rings (SSSR count). The van der Waals surface area contributed by atoms with Crippen molar-refractivity contribution in [2.45, 2.75) is 44.8 Å². The second-order valence-corrected chi connectivity index (χ2v) is 9.01. The van der Waals surface area contributed by atoms with Crippen molar-refractivity contribution in [2.24, 2.45) is 0 Å².